The molecule has 3 heterocycles. The summed E-state index contributed by atoms with van der Waals surface area (Å²) < 4.78 is 0. The largest absolute Gasteiger partial charge is 0.290 e. The van der Waals surface area contributed by atoms with Crippen LogP contribution in [0.2, 0.25) is 0 Å². The number of aromatic amines is 1. The average Bonchev–Trinajstić information content (AvgIpc) is 3.02. The van der Waals surface area contributed by atoms with Gasteiger partial charge in [0, 0.05) is 29.4 Å². The lowest BCUT2D eigenvalue weighted by atomic mass is 10.2. The van der Waals surface area contributed by atoms with Crippen LogP contribution < -0.4 is 0 Å². The number of H-pyrrole nitrogens is 1. The first-order valence-corrected chi connectivity index (χ1v) is 6.85. The number of likely N-dealkylation sites (tertiary alicyclic amines) is 1. The van der Waals surface area contributed by atoms with Crippen molar-refractivity contribution >= 4 is 11.3 Å². The van der Waals surface area contributed by atoms with Crippen molar-refractivity contribution < 1.29 is 0 Å². The van der Waals surface area contributed by atoms with E-state index in [2.05, 4.69) is 32.4 Å². The summed E-state index contributed by atoms with van der Waals surface area (Å²) in [4.78, 5) is 6.96. The SMILES string of the molecule is Cc1[nH]ncc1CN1CCCC1c1nccs1. The second-order valence-corrected chi connectivity index (χ2v) is 5.45. The lowest BCUT2D eigenvalue weighted by Crippen LogP contribution is -2.22. The highest BCUT2D eigenvalue weighted by atomic mass is 32.1. The van der Waals surface area contributed by atoms with Gasteiger partial charge in [0.2, 0.25) is 0 Å². The Balaban J connectivity index is 1.77. The minimum absolute atomic E-state index is 0.504. The predicted molar refractivity (Wildman–Crippen MR) is 67.8 cm³/mol. The highest BCUT2D eigenvalue weighted by Gasteiger charge is 2.28. The molecule has 1 aliphatic rings. The second kappa shape index (κ2) is 4.58. The van der Waals surface area contributed by atoms with E-state index in [-0.39, 0.29) is 0 Å². The molecule has 90 valence electrons. The first-order valence-electron chi connectivity index (χ1n) is 5.97. The third kappa shape index (κ3) is 2.12. The fourth-order valence-corrected chi connectivity index (χ4v) is 3.25. The van der Waals surface area contributed by atoms with Crippen LogP contribution in [0.15, 0.2) is 17.8 Å². The van der Waals surface area contributed by atoms with Crippen LogP contribution in [0.4, 0.5) is 0 Å². The summed E-state index contributed by atoms with van der Waals surface area (Å²) in [6.07, 6.45) is 6.33. The first-order chi connectivity index (χ1) is 8.34. The van der Waals surface area contributed by atoms with Gasteiger partial charge in [0.1, 0.15) is 5.01 Å². The van der Waals surface area contributed by atoms with Crippen molar-refractivity contribution in [1.29, 1.82) is 0 Å². The third-order valence-corrected chi connectivity index (χ3v) is 4.28. The minimum Gasteiger partial charge on any atom is -0.290 e. The Hall–Kier alpha value is -1.20. The molecular formula is C12H16N4S. The molecule has 1 fully saturated rings. The molecule has 2 aromatic heterocycles. The van der Waals surface area contributed by atoms with Gasteiger partial charge in [0.05, 0.1) is 12.2 Å². The van der Waals surface area contributed by atoms with Crippen LogP contribution in [0.3, 0.4) is 0 Å². The Bertz CT molecular complexity index is 476. The molecule has 3 rings (SSSR count). The normalized spacial score (nSPS) is 21.1. The van der Waals surface area contributed by atoms with Crippen LogP contribution in [-0.2, 0) is 6.54 Å². The van der Waals surface area contributed by atoms with Crippen molar-refractivity contribution in [3.05, 3.63) is 34.0 Å². The predicted octanol–water partition coefficient (Wildman–Crippen LogP) is 2.51. The smallest absolute Gasteiger partial charge is 0.110 e. The van der Waals surface area contributed by atoms with Crippen LogP contribution in [0, 0.1) is 6.92 Å². The topological polar surface area (TPSA) is 44.8 Å². The summed E-state index contributed by atoms with van der Waals surface area (Å²) in [5.74, 6) is 0. The molecule has 0 aromatic carbocycles. The standard InChI is InChI=1S/C12H16N4S/c1-9-10(7-14-15-9)8-16-5-2-3-11(16)12-13-4-6-17-12/h4,6-7,11H,2-3,5,8H2,1H3,(H,14,15). The number of rotatable bonds is 3. The molecule has 1 saturated heterocycles. The van der Waals surface area contributed by atoms with E-state index in [1.807, 2.05) is 12.4 Å². The van der Waals surface area contributed by atoms with E-state index < -0.39 is 0 Å². The summed E-state index contributed by atoms with van der Waals surface area (Å²) in [5, 5.41) is 10.4. The second-order valence-electron chi connectivity index (χ2n) is 4.52. The molecule has 17 heavy (non-hydrogen) atoms. The molecule has 4 nitrogen and oxygen atoms in total. The molecule has 0 saturated carbocycles. The maximum absolute atomic E-state index is 4.45. The monoisotopic (exact) mass is 248 g/mol. The van der Waals surface area contributed by atoms with E-state index in [9.17, 15) is 0 Å². The summed E-state index contributed by atoms with van der Waals surface area (Å²) in [7, 11) is 0. The van der Waals surface area contributed by atoms with Gasteiger partial charge in [-0.1, -0.05) is 0 Å². The van der Waals surface area contributed by atoms with Gasteiger partial charge < -0.3 is 0 Å². The molecule has 0 aliphatic carbocycles. The Morgan fingerprint density at radius 3 is 3.24 bits per heavy atom. The van der Waals surface area contributed by atoms with Crippen LogP contribution in [0.5, 0.6) is 0 Å². The third-order valence-electron chi connectivity index (χ3n) is 3.41. The van der Waals surface area contributed by atoms with E-state index in [0.717, 1.165) is 13.1 Å². The molecular weight excluding hydrogens is 232 g/mol. The first kappa shape index (κ1) is 10.9. The number of aromatic nitrogens is 3. The van der Waals surface area contributed by atoms with Gasteiger partial charge in [-0.3, -0.25) is 10.00 Å². The summed E-state index contributed by atoms with van der Waals surface area (Å²) in [5.41, 5.74) is 2.48. The molecule has 0 bridgehead atoms. The number of hydrogen-bond donors (Lipinski definition) is 1. The minimum atomic E-state index is 0.504. The number of nitrogens with zero attached hydrogens (tertiary/aromatic N) is 3. The van der Waals surface area contributed by atoms with E-state index in [4.69, 9.17) is 0 Å². The lowest BCUT2D eigenvalue weighted by molar-refractivity contribution is 0.247. The van der Waals surface area contributed by atoms with Crippen molar-refractivity contribution in [2.45, 2.75) is 32.4 Å². The van der Waals surface area contributed by atoms with Crippen molar-refractivity contribution in [3.8, 4) is 0 Å². The van der Waals surface area contributed by atoms with E-state index in [1.165, 1.54) is 29.1 Å². The van der Waals surface area contributed by atoms with E-state index in [0.29, 0.717) is 6.04 Å². The van der Waals surface area contributed by atoms with Crippen LogP contribution >= 0.6 is 11.3 Å². The van der Waals surface area contributed by atoms with Gasteiger partial charge in [-0.15, -0.1) is 11.3 Å². The Morgan fingerprint density at radius 2 is 2.53 bits per heavy atom. The zero-order valence-electron chi connectivity index (χ0n) is 9.89. The summed E-state index contributed by atoms with van der Waals surface area (Å²) in [6, 6.07) is 0.504. The van der Waals surface area contributed by atoms with Gasteiger partial charge in [-0.25, -0.2) is 4.98 Å². The molecule has 1 N–H and O–H groups in total. The quantitative estimate of drug-likeness (QED) is 0.907. The van der Waals surface area contributed by atoms with Gasteiger partial charge in [-0.05, 0) is 26.3 Å². The number of nitrogens with one attached hydrogen (secondary N) is 1. The van der Waals surface area contributed by atoms with E-state index >= 15 is 0 Å². The molecule has 5 heteroatoms. The van der Waals surface area contributed by atoms with Gasteiger partial charge >= 0.3 is 0 Å². The average molecular weight is 248 g/mol. The van der Waals surface area contributed by atoms with Crippen molar-refractivity contribution in [1.82, 2.24) is 20.1 Å². The lowest BCUT2D eigenvalue weighted by Gasteiger charge is -2.22. The molecule has 0 amide bonds. The zero-order valence-corrected chi connectivity index (χ0v) is 10.7. The fraction of sp³-hybridized carbons (Fsp3) is 0.500. The molecule has 0 radical (unpaired) electrons. The molecule has 0 spiro atoms. The Kier molecular flexibility index (Phi) is 2.94. The number of aryl methyl sites for hydroxylation is 1. The molecule has 1 aliphatic heterocycles. The maximum atomic E-state index is 4.45. The van der Waals surface area contributed by atoms with Crippen molar-refractivity contribution in [3.63, 3.8) is 0 Å². The van der Waals surface area contributed by atoms with Gasteiger partial charge in [0.15, 0.2) is 0 Å². The summed E-state index contributed by atoms with van der Waals surface area (Å²) >= 11 is 1.76. The number of hydrogen-bond acceptors (Lipinski definition) is 4. The van der Waals surface area contributed by atoms with Crippen molar-refractivity contribution in [2.24, 2.45) is 0 Å². The summed E-state index contributed by atoms with van der Waals surface area (Å²) in [6.45, 7) is 4.22. The zero-order chi connectivity index (χ0) is 11.7. The molecule has 2 aromatic rings. The maximum Gasteiger partial charge on any atom is 0.110 e. The molecule has 1 unspecified atom stereocenters. The Morgan fingerprint density at radius 1 is 1.59 bits per heavy atom. The fourth-order valence-electron chi connectivity index (χ4n) is 2.45. The number of thiazole rings is 1. The van der Waals surface area contributed by atoms with Gasteiger partial charge in [-0.2, -0.15) is 5.10 Å². The highest BCUT2D eigenvalue weighted by Crippen LogP contribution is 2.34. The van der Waals surface area contributed by atoms with Crippen LogP contribution in [0.1, 0.15) is 35.1 Å². The van der Waals surface area contributed by atoms with E-state index in [1.54, 1.807) is 11.3 Å². The van der Waals surface area contributed by atoms with Crippen molar-refractivity contribution in [2.75, 3.05) is 6.54 Å². The van der Waals surface area contributed by atoms with Gasteiger partial charge in [0.25, 0.3) is 0 Å². The van der Waals surface area contributed by atoms with Crippen LogP contribution in [-0.4, -0.2) is 26.6 Å². The Labute approximate surface area is 105 Å². The molecule has 1 atom stereocenters. The van der Waals surface area contributed by atoms with Crippen LogP contribution in [0.25, 0.3) is 0 Å². The highest BCUT2D eigenvalue weighted by molar-refractivity contribution is 7.09.